The Labute approximate surface area is 172 Å². The van der Waals surface area contributed by atoms with Crippen LogP contribution in [0.3, 0.4) is 0 Å². The molecule has 1 nitrogen and oxygen atoms in total. The third kappa shape index (κ3) is 3.01. The molecule has 0 aliphatic heterocycles. The van der Waals surface area contributed by atoms with E-state index in [0.29, 0.717) is 16.3 Å². The van der Waals surface area contributed by atoms with Crippen molar-refractivity contribution in [1.82, 2.24) is 0 Å². The van der Waals surface area contributed by atoms with Crippen LogP contribution in [-0.4, -0.2) is 7.11 Å². The molecule has 146 valence electrons. The number of ether oxygens (including phenoxy) is 1. The maximum Gasteiger partial charge on any atom is 0.135 e. The summed E-state index contributed by atoms with van der Waals surface area (Å²) in [7, 11) is 1.63. The van der Waals surface area contributed by atoms with Crippen LogP contribution in [0.1, 0.15) is 43.2 Å². The average molecular weight is 445 g/mol. The highest BCUT2D eigenvalue weighted by molar-refractivity contribution is 9.10. The molecular weight excluding hydrogens is 422 g/mol. The molecule has 0 spiro atoms. The summed E-state index contributed by atoms with van der Waals surface area (Å²) < 4.78 is 35.9. The van der Waals surface area contributed by atoms with Crippen molar-refractivity contribution in [2.24, 2.45) is 23.7 Å². The molecule has 0 aromatic heterocycles. The average Bonchev–Trinajstić information content (AvgIpc) is 2.65. The molecule has 0 radical (unpaired) electrons. The zero-order chi connectivity index (χ0) is 19.4. The Kier molecular flexibility index (Phi) is 4.58. The fourth-order valence-corrected chi connectivity index (χ4v) is 6.50. The lowest BCUT2D eigenvalue weighted by Gasteiger charge is -2.52. The second-order valence-corrected chi connectivity index (χ2v) is 9.52. The van der Waals surface area contributed by atoms with Crippen LogP contribution in [0.2, 0.25) is 0 Å². The number of allylic oxidation sites excluding steroid dienone is 1. The van der Waals surface area contributed by atoms with Gasteiger partial charge in [0.25, 0.3) is 0 Å². The van der Waals surface area contributed by atoms with Crippen LogP contribution >= 0.6 is 15.9 Å². The Morgan fingerprint density at radius 2 is 1.43 bits per heavy atom. The number of benzene rings is 2. The molecule has 4 aliphatic rings. The maximum absolute atomic E-state index is 15.1. The second kappa shape index (κ2) is 6.98. The van der Waals surface area contributed by atoms with Gasteiger partial charge in [-0.2, -0.15) is 0 Å². The van der Waals surface area contributed by atoms with Crippen LogP contribution in [0.15, 0.2) is 46.4 Å². The van der Waals surface area contributed by atoms with Crippen LogP contribution in [0, 0.1) is 35.3 Å². The third-order valence-corrected chi connectivity index (χ3v) is 7.40. The topological polar surface area (TPSA) is 9.23 Å². The number of hydrogen-bond acceptors (Lipinski definition) is 1. The van der Waals surface area contributed by atoms with Gasteiger partial charge in [-0.3, -0.25) is 0 Å². The lowest BCUT2D eigenvalue weighted by Crippen LogP contribution is -2.41. The molecule has 4 fully saturated rings. The number of methoxy groups -OCH3 is 1. The van der Waals surface area contributed by atoms with E-state index in [4.69, 9.17) is 4.74 Å². The van der Waals surface area contributed by atoms with Gasteiger partial charge in [-0.05, 0) is 91.2 Å². The molecule has 4 aliphatic carbocycles. The van der Waals surface area contributed by atoms with Gasteiger partial charge in [0, 0.05) is 4.47 Å². The van der Waals surface area contributed by atoms with Gasteiger partial charge in [0.1, 0.15) is 17.4 Å². The lowest BCUT2D eigenvalue weighted by molar-refractivity contribution is 0.0705. The summed E-state index contributed by atoms with van der Waals surface area (Å²) in [6.07, 6.45) is 6.02. The zero-order valence-corrected chi connectivity index (χ0v) is 17.4. The van der Waals surface area contributed by atoms with Gasteiger partial charge in [-0.25, -0.2) is 8.78 Å². The van der Waals surface area contributed by atoms with Crippen LogP contribution in [0.4, 0.5) is 8.78 Å². The van der Waals surface area contributed by atoms with Crippen molar-refractivity contribution in [3.63, 3.8) is 0 Å². The molecule has 0 atom stereocenters. The predicted octanol–water partition coefficient (Wildman–Crippen LogP) is 6.99. The minimum atomic E-state index is -0.501. The summed E-state index contributed by atoms with van der Waals surface area (Å²) in [6.45, 7) is 0. The first-order chi connectivity index (χ1) is 13.5. The quantitative estimate of drug-likeness (QED) is 0.495. The summed E-state index contributed by atoms with van der Waals surface area (Å²) in [5.74, 6) is 2.24. The van der Waals surface area contributed by atoms with Crippen molar-refractivity contribution in [3.05, 3.63) is 69.2 Å². The van der Waals surface area contributed by atoms with E-state index >= 15 is 8.78 Å². The van der Waals surface area contributed by atoms with Gasteiger partial charge in [-0.15, -0.1) is 0 Å². The molecule has 4 saturated carbocycles. The molecule has 2 aromatic carbocycles. The van der Waals surface area contributed by atoms with Crippen molar-refractivity contribution in [2.45, 2.75) is 32.1 Å². The Hall–Kier alpha value is -1.68. The molecule has 4 bridgehead atoms. The van der Waals surface area contributed by atoms with E-state index in [1.54, 1.807) is 7.11 Å². The first-order valence-corrected chi connectivity index (χ1v) is 10.9. The van der Waals surface area contributed by atoms with Crippen molar-refractivity contribution >= 4 is 21.5 Å². The lowest BCUT2D eigenvalue weighted by atomic mass is 9.53. The maximum atomic E-state index is 15.1. The van der Waals surface area contributed by atoms with Gasteiger partial charge >= 0.3 is 0 Å². The van der Waals surface area contributed by atoms with E-state index < -0.39 is 11.6 Å². The smallest absolute Gasteiger partial charge is 0.135 e. The largest absolute Gasteiger partial charge is 0.497 e. The summed E-state index contributed by atoms with van der Waals surface area (Å²) in [4.78, 5) is 0. The van der Waals surface area contributed by atoms with Crippen molar-refractivity contribution in [3.8, 4) is 5.75 Å². The van der Waals surface area contributed by atoms with E-state index in [9.17, 15) is 0 Å². The van der Waals surface area contributed by atoms with E-state index in [0.717, 1.165) is 28.7 Å². The molecular formula is C24H23BrF2O. The normalized spacial score (nSPS) is 27.9. The minimum Gasteiger partial charge on any atom is -0.497 e. The first kappa shape index (κ1) is 18.4. The Balaban J connectivity index is 1.74. The standard InChI is InChI=1S/C24H23BrF2O/c1-28-19-4-2-15(3-5-19)23(24-20(26)11-18(25)12-21(24)27)22-16-7-13-6-14(9-16)10-17(22)8-13/h2-5,11-14,16-17H,6-10H2,1H3/t13-,14-,16?,17?. The SMILES string of the molecule is COc1ccc(C(=C2C3C[C@H]4CC2C[C@H](C3)C4)c2c(F)cc(Br)cc2F)cc1. The van der Waals surface area contributed by atoms with Crippen LogP contribution in [0.5, 0.6) is 5.75 Å². The third-order valence-electron chi connectivity index (χ3n) is 6.94. The first-order valence-electron chi connectivity index (χ1n) is 10.1. The predicted molar refractivity (Wildman–Crippen MR) is 110 cm³/mol. The summed E-state index contributed by atoms with van der Waals surface area (Å²) >= 11 is 3.22. The molecule has 2 aromatic rings. The van der Waals surface area contributed by atoms with Gasteiger partial charge in [0.15, 0.2) is 0 Å². The molecule has 4 heteroatoms. The highest BCUT2D eigenvalue weighted by Gasteiger charge is 2.46. The van der Waals surface area contributed by atoms with Crippen LogP contribution < -0.4 is 4.74 Å². The van der Waals surface area contributed by atoms with Gasteiger partial charge < -0.3 is 4.74 Å². The molecule has 6 rings (SSSR count). The summed E-state index contributed by atoms with van der Waals surface area (Å²) in [6, 6.07) is 10.4. The summed E-state index contributed by atoms with van der Waals surface area (Å²) in [5.41, 5.74) is 3.07. The van der Waals surface area contributed by atoms with Crippen molar-refractivity contribution in [2.75, 3.05) is 7.11 Å². The molecule has 0 unspecified atom stereocenters. The second-order valence-electron chi connectivity index (χ2n) is 8.61. The molecule has 28 heavy (non-hydrogen) atoms. The Morgan fingerprint density at radius 3 is 1.93 bits per heavy atom. The van der Waals surface area contributed by atoms with Crippen molar-refractivity contribution < 1.29 is 13.5 Å². The highest BCUT2D eigenvalue weighted by atomic mass is 79.9. The van der Waals surface area contributed by atoms with Crippen LogP contribution in [0.25, 0.3) is 5.57 Å². The molecule has 0 amide bonds. The number of rotatable bonds is 3. The van der Waals surface area contributed by atoms with E-state index in [-0.39, 0.29) is 5.56 Å². The van der Waals surface area contributed by atoms with Gasteiger partial charge in [-0.1, -0.05) is 33.6 Å². The fraction of sp³-hybridized carbons (Fsp3) is 0.417. The van der Waals surface area contributed by atoms with Crippen molar-refractivity contribution in [1.29, 1.82) is 0 Å². The number of hydrogen-bond donors (Lipinski definition) is 0. The monoisotopic (exact) mass is 444 g/mol. The molecule has 0 heterocycles. The highest BCUT2D eigenvalue weighted by Crippen LogP contribution is 2.58. The van der Waals surface area contributed by atoms with E-state index in [1.165, 1.54) is 49.8 Å². The van der Waals surface area contributed by atoms with Gasteiger partial charge in [0.05, 0.1) is 12.7 Å². The summed E-state index contributed by atoms with van der Waals surface area (Å²) in [5, 5.41) is 0. The Bertz CT molecular complexity index is 895. The van der Waals surface area contributed by atoms with Gasteiger partial charge in [0.2, 0.25) is 0 Å². The fourth-order valence-electron chi connectivity index (χ4n) is 6.09. The minimum absolute atomic E-state index is 0.121. The van der Waals surface area contributed by atoms with E-state index in [1.807, 2.05) is 24.3 Å². The zero-order valence-electron chi connectivity index (χ0n) is 15.9. The molecule has 0 N–H and O–H groups in total. The van der Waals surface area contributed by atoms with E-state index in [2.05, 4.69) is 15.9 Å². The molecule has 0 saturated heterocycles. The Morgan fingerprint density at radius 1 is 0.893 bits per heavy atom. The van der Waals surface area contributed by atoms with Crippen LogP contribution in [-0.2, 0) is 0 Å². The number of halogens is 3.